The number of aromatic nitrogens is 3. The van der Waals surface area contributed by atoms with Crippen LogP contribution in [-0.2, 0) is 15.0 Å². The van der Waals surface area contributed by atoms with Crippen molar-refractivity contribution in [2.75, 3.05) is 24.5 Å². The molecule has 1 saturated heterocycles. The molecule has 194 valence electrons. The van der Waals surface area contributed by atoms with Crippen molar-refractivity contribution in [1.82, 2.24) is 20.1 Å². The fraction of sp³-hybridized carbons (Fsp3) is 0.375. The maximum absolute atomic E-state index is 14.5. The summed E-state index contributed by atoms with van der Waals surface area (Å²) < 4.78 is 52.2. The number of halogens is 5. The fourth-order valence-corrected chi connectivity index (χ4v) is 5.40. The highest BCUT2D eigenvalue weighted by atomic mass is 35.5. The van der Waals surface area contributed by atoms with E-state index < -0.39 is 48.5 Å². The molecule has 0 atom stereocenters. The number of benzene rings is 1. The molecule has 0 unspecified atom stereocenters. The maximum atomic E-state index is 14.5. The Kier molecular flexibility index (Phi) is 6.17. The molecule has 0 radical (unpaired) electrons. The van der Waals surface area contributed by atoms with Gasteiger partial charge in [-0.25, -0.2) is 9.37 Å². The van der Waals surface area contributed by atoms with Gasteiger partial charge in [-0.05, 0) is 37.1 Å². The van der Waals surface area contributed by atoms with Crippen LogP contribution in [0.15, 0.2) is 30.5 Å². The lowest BCUT2D eigenvalue weighted by molar-refractivity contribution is -0.142. The van der Waals surface area contributed by atoms with Gasteiger partial charge in [-0.1, -0.05) is 11.6 Å². The molecule has 0 bridgehead atoms. The van der Waals surface area contributed by atoms with E-state index in [1.807, 2.05) is 0 Å². The number of carbonyl (C=O) groups excluding carboxylic acids is 3. The molecule has 13 heteroatoms. The number of ketones is 1. The normalized spacial score (nSPS) is 17.1. The van der Waals surface area contributed by atoms with Gasteiger partial charge in [0.05, 0.1) is 40.8 Å². The summed E-state index contributed by atoms with van der Waals surface area (Å²) in [6.07, 6.45) is -4.91. The second kappa shape index (κ2) is 9.09. The number of aromatic amines is 1. The number of nitrogens with zero attached hydrogens (tertiary/aromatic N) is 4. The number of carbonyl (C=O) groups is 3. The molecule has 3 aromatic rings. The van der Waals surface area contributed by atoms with E-state index in [0.717, 1.165) is 11.0 Å². The van der Waals surface area contributed by atoms with Crippen LogP contribution in [0.3, 0.4) is 0 Å². The van der Waals surface area contributed by atoms with Crippen LogP contribution in [0.1, 0.15) is 41.7 Å². The second-order valence-corrected chi connectivity index (χ2v) is 9.55. The number of hydrogen-bond acceptors (Lipinski definition) is 5. The number of piperidine rings is 1. The number of amides is 2. The summed E-state index contributed by atoms with van der Waals surface area (Å²) in [5, 5.41) is 6.36. The van der Waals surface area contributed by atoms with Crippen molar-refractivity contribution in [3.05, 3.63) is 52.6 Å². The Balaban J connectivity index is 1.39. The van der Waals surface area contributed by atoms with Gasteiger partial charge >= 0.3 is 6.18 Å². The summed E-state index contributed by atoms with van der Waals surface area (Å²) in [6, 6.07) is 5.60. The zero-order chi connectivity index (χ0) is 26.5. The van der Waals surface area contributed by atoms with Crippen molar-refractivity contribution in [1.29, 1.82) is 0 Å². The summed E-state index contributed by atoms with van der Waals surface area (Å²) in [6.45, 7) is -0.335. The van der Waals surface area contributed by atoms with Crippen LogP contribution in [0.25, 0.3) is 11.0 Å². The molecule has 2 aliphatic heterocycles. The van der Waals surface area contributed by atoms with Gasteiger partial charge in [0, 0.05) is 25.1 Å². The molecule has 2 aliphatic rings. The fourth-order valence-electron chi connectivity index (χ4n) is 5.06. The highest BCUT2D eigenvalue weighted by molar-refractivity contribution is 6.33. The smallest absolute Gasteiger partial charge is 0.337 e. The van der Waals surface area contributed by atoms with Gasteiger partial charge in [0.1, 0.15) is 17.0 Å². The van der Waals surface area contributed by atoms with Crippen LogP contribution in [0.4, 0.5) is 23.2 Å². The number of rotatable bonds is 5. The van der Waals surface area contributed by atoms with Crippen molar-refractivity contribution >= 4 is 45.9 Å². The Morgan fingerprint density at radius 1 is 1.14 bits per heavy atom. The minimum absolute atomic E-state index is 0.0922. The molecule has 4 heterocycles. The Morgan fingerprint density at radius 3 is 2.57 bits per heavy atom. The van der Waals surface area contributed by atoms with Crippen molar-refractivity contribution in [2.24, 2.45) is 0 Å². The number of alkyl halides is 3. The average molecular weight is 538 g/mol. The zero-order valence-corrected chi connectivity index (χ0v) is 20.0. The highest BCUT2D eigenvalue weighted by Crippen LogP contribution is 2.51. The van der Waals surface area contributed by atoms with E-state index in [1.165, 1.54) is 17.2 Å². The number of fused-ring (bicyclic) bond motifs is 3. The van der Waals surface area contributed by atoms with Crippen molar-refractivity contribution in [3.8, 4) is 0 Å². The van der Waals surface area contributed by atoms with Crippen LogP contribution >= 0.6 is 11.6 Å². The molecular weight excluding hydrogens is 518 g/mol. The Bertz CT molecular complexity index is 1420. The van der Waals surface area contributed by atoms with Gasteiger partial charge in [0.25, 0.3) is 5.91 Å². The number of H-pyrrole nitrogens is 1. The molecule has 0 saturated carbocycles. The van der Waals surface area contributed by atoms with Crippen LogP contribution < -0.4 is 4.90 Å². The van der Waals surface area contributed by atoms with E-state index in [0.29, 0.717) is 11.0 Å². The molecule has 37 heavy (non-hydrogen) atoms. The zero-order valence-electron chi connectivity index (χ0n) is 19.2. The van der Waals surface area contributed by atoms with Crippen LogP contribution in [0, 0.1) is 5.82 Å². The number of Topliss-reactive ketones (excluding diaryl/α,β-unsaturated/α-hetero) is 1. The molecule has 8 nitrogen and oxygen atoms in total. The molecule has 1 N–H and O–H groups in total. The first-order valence-corrected chi connectivity index (χ1v) is 11.9. The third-order valence-electron chi connectivity index (χ3n) is 6.94. The van der Waals surface area contributed by atoms with E-state index in [4.69, 9.17) is 11.6 Å². The first-order valence-electron chi connectivity index (χ1n) is 11.5. The van der Waals surface area contributed by atoms with Gasteiger partial charge in [-0.15, -0.1) is 0 Å². The lowest BCUT2D eigenvalue weighted by atomic mass is 9.73. The number of hydrogen-bond donors (Lipinski definition) is 1. The van der Waals surface area contributed by atoms with E-state index >= 15 is 0 Å². The predicted molar refractivity (Wildman–Crippen MR) is 125 cm³/mol. The van der Waals surface area contributed by atoms with Gasteiger partial charge in [0.2, 0.25) is 5.91 Å². The van der Waals surface area contributed by atoms with Crippen LogP contribution in [0.5, 0.6) is 0 Å². The first-order chi connectivity index (χ1) is 17.5. The molecule has 2 amide bonds. The lowest BCUT2D eigenvalue weighted by Gasteiger charge is -2.38. The average Bonchev–Trinajstić information content (AvgIpc) is 3.42. The van der Waals surface area contributed by atoms with Gasteiger partial charge < -0.3 is 9.80 Å². The standard InChI is InChI=1S/C24H20ClF4N5O3/c25-20-14(26)1-4-18-19(20)23(22(37)34(18)12-13(35)5-6-24(27,28)29)7-9-33(10-8-23)21(36)16-3-2-15-17(31-16)11-30-32-15/h1-4,11H,5-10,12H2,(H,30,32). The SMILES string of the molecule is O=C(CCC(F)(F)F)CN1C(=O)C2(CCN(C(=O)c3ccc4[nH]ncc4n3)CC2)c2c1ccc(F)c2Cl. The van der Waals surface area contributed by atoms with Crippen molar-refractivity contribution in [2.45, 2.75) is 37.3 Å². The third kappa shape index (κ3) is 4.43. The molecule has 2 aromatic heterocycles. The summed E-state index contributed by atoms with van der Waals surface area (Å²) >= 11 is 6.30. The van der Waals surface area contributed by atoms with Crippen LogP contribution in [-0.4, -0.2) is 63.5 Å². The van der Waals surface area contributed by atoms with E-state index in [2.05, 4.69) is 15.2 Å². The third-order valence-corrected chi connectivity index (χ3v) is 7.31. The molecule has 5 rings (SSSR count). The predicted octanol–water partition coefficient (Wildman–Crippen LogP) is 4.18. The van der Waals surface area contributed by atoms with E-state index in [-0.39, 0.29) is 53.8 Å². The Morgan fingerprint density at radius 2 is 1.86 bits per heavy atom. The summed E-state index contributed by atoms with van der Waals surface area (Å²) in [5.74, 6) is -2.43. The molecule has 1 aromatic carbocycles. The number of nitrogens with one attached hydrogen (secondary N) is 1. The quantitative estimate of drug-likeness (QED) is 0.492. The maximum Gasteiger partial charge on any atom is 0.389 e. The molecule has 1 spiro atoms. The summed E-state index contributed by atoms with van der Waals surface area (Å²) in [5.41, 5.74) is 0.480. The van der Waals surface area contributed by atoms with Gasteiger partial charge in [-0.2, -0.15) is 18.3 Å². The minimum atomic E-state index is -4.51. The topological polar surface area (TPSA) is 99.3 Å². The minimum Gasteiger partial charge on any atom is -0.337 e. The summed E-state index contributed by atoms with van der Waals surface area (Å²) in [4.78, 5) is 46.0. The van der Waals surface area contributed by atoms with Gasteiger partial charge in [0.15, 0.2) is 5.78 Å². The van der Waals surface area contributed by atoms with Crippen molar-refractivity contribution < 1.29 is 31.9 Å². The molecular formula is C24H20ClF4N5O3. The van der Waals surface area contributed by atoms with Gasteiger partial charge in [-0.3, -0.25) is 19.5 Å². The second-order valence-electron chi connectivity index (χ2n) is 9.17. The Hall–Kier alpha value is -3.54. The number of anilines is 1. The lowest BCUT2D eigenvalue weighted by Crippen LogP contribution is -2.51. The largest absolute Gasteiger partial charge is 0.389 e. The number of likely N-dealkylation sites (tertiary alicyclic amines) is 1. The van der Waals surface area contributed by atoms with Crippen LogP contribution in [0.2, 0.25) is 5.02 Å². The van der Waals surface area contributed by atoms with E-state index in [1.54, 1.807) is 12.1 Å². The number of pyridine rings is 1. The molecule has 0 aliphatic carbocycles. The van der Waals surface area contributed by atoms with Crippen molar-refractivity contribution in [3.63, 3.8) is 0 Å². The summed E-state index contributed by atoms with van der Waals surface area (Å²) in [7, 11) is 0. The molecule has 1 fully saturated rings. The monoisotopic (exact) mass is 537 g/mol. The highest BCUT2D eigenvalue weighted by Gasteiger charge is 2.54. The Labute approximate surface area is 212 Å². The van der Waals surface area contributed by atoms with E-state index in [9.17, 15) is 31.9 Å². The first kappa shape index (κ1) is 25.1.